The molecule has 0 aromatic heterocycles. The van der Waals surface area contributed by atoms with Crippen LogP contribution in [0.1, 0.15) is 139 Å². The summed E-state index contributed by atoms with van der Waals surface area (Å²) in [6.45, 7) is 13.9. The number of ketones is 1. The third-order valence-electron chi connectivity index (χ3n) is 8.01. The molecule has 6 atom stereocenters. The summed E-state index contributed by atoms with van der Waals surface area (Å²) < 4.78 is 28.2. The molecule has 1 fully saturated rings. The Bertz CT molecular complexity index is 1060. The molecular formula is C36H62N2O11. The maximum absolute atomic E-state index is 12.5. The van der Waals surface area contributed by atoms with Crippen molar-refractivity contribution in [3.05, 3.63) is 0 Å². The van der Waals surface area contributed by atoms with Crippen LogP contribution in [0.2, 0.25) is 0 Å². The molecule has 1 heterocycles. The predicted octanol–water partition coefficient (Wildman–Crippen LogP) is 4.85. The van der Waals surface area contributed by atoms with E-state index in [4.69, 9.17) is 23.7 Å². The van der Waals surface area contributed by atoms with E-state index in [0.29, 0.717) is 45.1 Å². The first kappa shape index (κ1) is 44.0. The van der Waals surface area contributed by atoms with E-state index in [-0.39, 0.29) is 30.2 Å². The highest BCUT2D eigenvalue weighted by Gasteiger charge is 2.50. The summed E-state index contributed by atoms with van der Waals surface area (Å²) in [7, 11) is 0. The zero-order valence-electron chi connectivity index (χ0n) is 31.1. The van der Waals surface area contributed by atoms with E-state index >= 15 is 0 Å². The molecule has 49 heavy (non-hydrogen) atoms. The third kappa shape index (κ3) is 19.6. The fraction of sp³-hybridized carbons (Fsp3) is 0.833. The minimum Gasteiger partial charge on any atom is -0.460 e. The minimum atomic E-state index is -1.01. The molecule has 1 aliphatic rings. The number of rotatable bonds is 23. The maximum atomic E-state index is 12.5. The molecule has 282 valence electrons. The molecule has 0 bridgehead atoms. The number of unbranched alkanes of at least 4 members (excludes halogenated alkanes) is 5. The van der Waals surface area contributed by atoms with E-state index in [9.17, 15) is 28.8 Å². The van der Waals surface area contributed by atoms with Gasteiger partial charge in [-0.3, -0.25) is 28.8 Å². The fourth-order valence-electron chi connectivity index (χ4n) is 5.63. The highest BCUT2D eigenvalue weighted by atomic mass is 16.7. The second kappa shape index (κ2) is 23.4. The van der Waals surface area contributed by atoms with Crippen molar-refractivity contribution in [2.24, 2.45) is 5.92 Å². The molecule has 1 aliphatic heterocycles. The second-order valence-corrected chi connectivity index (χ2v) is 13.9. The van der Waals surface area contributed by atoms with Crippen LogP contribution in [0.5, 0.6) is 0 Å². The number of carbonyl (C=O) groups is 6. The first-order valence-electron chi connectivity index (χ1n) is 17.9. The van der Waals surface area contributed by atoms with Crippen molar-refractivity contribution in [1.29, 1.82) is 0 Å². The number of carbonyl (C=O) groups excluding carboxylic acids is 6. The first-order valence-corrected chi connectivity index (χ1v) is 17.9. The van der Waals surface area contributed by atoms with Gasteiger partial charge in [0.25, 0.3) is 0 Å². The van der Waals surface area contributed by atoms with Crippen molar-refractivity contribution < 1.29 is 52.5 Å². The lowest BCUT2D eigenvalue weighted by Gasteiger charge is -2.45. The molecule has 1 saturated heterocycles. The molecule has 0 saturated carbocycles. The van der Waals surface area contributed by atoms with Crippen LogP contribution in [-0.2, 0) is 52.5 Å². The Kier molecular flexibility index (Phi) is 21.0. The lowest BCUT2D eigenvalue weighted by Crippen LogP contribution is -2.65. The average molecular weight is 699 g/mol. The largest absolute Gasteiger partial charge is 0.460 e. The molecular weight excluding hydrogens is 636 g/mol. The molecule has 2 amide bonds. The predicted molar refractivity (Wildman–Crippen MR) is 182 cm³/mol. The molecule has 0 radical (unpaired) electrons. The van der Waals surface area contributed by atoms with E-state index in [2.05, 4.69) is 10.6 Å². The van der Waals surface area contributed by atoms with Crippen molar-refractivity contribution in [3.63, 3.8) is 0 Å². The summed E-state index contributed by atoms with van der Waals surface area (Å²) in [6, 6.07) is -0.905. The number of esters is 3. The molecule has 0 aliphatic carbocycles. The van der Waals surface area contributed by atoms with E-state index in [1.54, 1.807) is 0 Å². The molecule has 13 nitrogen and oxygen atoms in total. The Morgan fingerprint density at radius 1 is 0.776 bits per heavy atom. The van der Waals surface area contributed by atoms with Gasteiger partial charge >= 0.3 is 17.9 Å². The zero-order valence-corrected chi connectivity index (χ0v) is 31.1. The van der Waals surface area contributed by atoms with Gasteiger partial charge in [-0.15, -0.1) is 0 Å². The number of nitrogens with one attached hydrogen (secondary N) is 2. The van der Waals surface area contributed by atoms with Gasteiger partial charge in [-0.1, -0.05) is 33.1 Å². The molecule has 2 N–H and O–H groups in total. The molecule has 5 unspecified atom stereocenters. The third-order valence-corrected chi connectivity index (χ3v) is 8.01. The highest BCUT2D eigenvalue weighted by Crippen LogP contribution is 2.29. The molecule has 0 spiro atoms. The van der Waals surface area contributed by atoms with Crippen LogP contribution in [0, 0.1) is 5.92 Å². The summed E-state index contributed by atoms with van der Waals surface area (Å²) in [4.78, 5) is 72.2. The van der Waals surface area contributed by atoms with Crippen LogP contribution in [0.15, 0.2) is 0 Å². The van der Waals surface area contributed by atoms with Gasteiger partial charge in [0.15, 0.2) is 18.5 Å². The lowest BCUT2D eigenvalue weighted by atomic mass is 9.94. The summed E-state index contributed by atoms with van der Waals surface area (Å²) in [6.07, 6.45) is 5.16. The Balaban J connectivity index is 2.30. The van der Waals surface area contributed by atoms with Gasteiger partial charge in [-0.25, -0.2) is 0 Å². The van der Waals surface area contributed by atoms with Gasteiger partial charge < -0.3 is 34.3 Å². The normalized spacial score (nSPS) is 21.3. The second-order valence-electron chi connectivity index (χ2n) is 13.9. The smallest absolute Gasteiger partial charge is 0.306 e. The maximum Gasteiger partial charge on any atom is 0.306 e. The van der Waals surface area contributed by atoms with Gasteiger partial charge in [-0.2, -0.15) is 0 Å². The Hall–Kier alpha value is -3.06. The topological polar surface area (TPSA) is 173 Å². The molecule has 1 rings (SSSR count). The monoisotopic (exact) mass is 698 g/mol. The van der Waals surface area contributed by atoms with E-state index in [1.807, 2.05) is 34.6 Å². The number of hydrogen-bond donors (Lipinski definition) is 2. The van der Waals surface area contributed by atoms with Gasteiger partial charge in [0.2, 0.25) is 11.8 Å². The SMILES string of the molecule is CCC1OC(OCCCCC(=O)NCCCC[C@H](C)C(=O)CCCCCCC(=O)OC(C)(C)C)C(NC(C)=O)C(OC(C)=O)C1OC(C)=O. The number of Topliss-reactive ketones (excluding diaryl/α,β-unsaturated/α-hetero) is 1. The van der Waals surface area contributed by atoms with Crippen LogP contribution >= 0.6 is 0 Å². The lowest BCUT2D eigenvalue weighted by molar-refractivity contribution is -0.272. The van der Waals surface area contributed by atoms with Crippen LogP contribution in [0.3, 0.4) is 0 Å². The van der Waals surface area contributed by atoms with Crippen molar-refractivity contribution >= 4 is 35.5 Å². The van der Waals surface area contributed by atoms with Crippen LogP contribution in [-0.4, -0.2) is 84.9 Å². The van der Waals surface area contributed by atoms with Crippen LogP contribution < -0.4 is 10.6 Å². The van der Waals surface area contributed by atoms with Gasteiger partial charge in [0.05, 0.1) is 0 Å². The van der Waals surface area contributed by atoms with Crippen LogP contribution in [0.4, 0.5) is 0 Å². The fourth-order valence-corrected chi connectivity index (χ4v) is 5.63. The van der Waals surface area contributed by atoms with Crippen molar-refractivity contribution in [2.45, 2.75) is 175 Å². The summed E-state index contributed by atoms with van der Waals surface area (Å²) in [5.74, 6) is -1.56. The molecule has 13 heteroatoms. The van der Waals surface area contributed by atoms with E-state index in [0.717, 1.165) is 44.9 Å². The summed E-state index contributed by atoms with van der Waals surface area (Å²) in [5.41, 5.74) is -0.461. The number of hydrogen-bond acceptors (Lipinski definition) is 11. The van der Waals surface area contributed by atoms with E-state index in [1.165, 1.54) is 20.8 Å². The zero-order chi connectivity index (χ0) is 37.0. The standard InChI is InChI=1S/C36H62N2O11/c1-9-29-33(46-26(4)40)34(47-27(5)41)32(38-25(3)39)35(48-29)45-23-17-15-20-30(43)37-22-16-14-18-24(2)28(42)19-12-10-11-13-21-31(44)49-36(6,7)8/h24,29,32-35H,9-23H2,1-8H3,(H,37,43)(H,38,39)/t24-,29?,32?,33?,34?,35?/m0/s1. The Morgan fingerprint density at radius 3 is 1.98 bits per heavy atom. The van der Waals surface area contributed by atoms with Gasteiger partial charge in [0, 0.05) is 59.1 Å². The van der Waals surface area contributed by atoms with Crippen LogP contribution in [0.25, 0.3) is 0 Å². The van der Waals surface area contributed by atoms with Crippen molar-refractivity contribution in [1.82, 2.24) is 10.6 Å². The Labute approximate surface area is 292 Å². The minimum absolute atomic E-state index is 0.0136. The average Bonchev–Trinajstić information content (AvgIpc) is 2.99. The molecule has 0 aromatic carbocycles. The quantitative estimate of drug-likeness (QED) is 0.0849. The van der Waals surface area contributed by atoms with Gasteiger partial charge in [-0.05, 0) is 65.7 Å². The summed E-state index contributed by atoms with van der Waals surface area (Å²) in [5, 5.41) is 5.64. The highest BCUT2D eigenvalue weighted by molar-refractivity contribution is 5.80. The number of ether oxygens (including phenoxy) is 5. The summed E-state index contributed by atoms with van der Waals surface area (Å²) >= 11 is 0. The van der Waals surface area contributed by atoms with Crippen molar-refractivity contribution in [2.75, 3.05) is 13.2 Å². The molecule has 0 aromatic rings. The van der Waals surface area contributed by atoms with E-state index < -0.39 is 54.1 Å². The number of amides is 2. The van der Waals surface area contributed by atoms with Crippen molar-refractivity contribution in [3.8, 4) is 0 Å². The Morgan fingerprint density at radius 2 is 1.39 bits per heavy atom. The van der Waals surface area contributed by atoms with Gasteiger partial charge in [0.1, 0.15) is 23.5 Å². The first-order chi connectivity index (χ1) is 23.0.